The molecule has 0 fully saturated rings. The van der Waals surface area contributed by atoms with E-state index in [9.17, 15) is 0 Å². The van der Waals surface area contributed by atoms with Gasteiger partial charge in [-0.3, -0.25) is 0 Å². The Morgan fingerprint density at radius 3 is 2.61 bits per heavy atom. The predicted octanol–water partition coefficient (Wildman–Crippen LogP) is 2.34. The lowest BCUT2D eigenvalue weighted by atomic mass is 10.0. The molecule has 0 unspecified atom stereocenters. The van der Waals surface area contributed by atoms with Crippen molar-refractivity contribution in [2.45, 2.75) is 38.6 Å². The first kappa shape index (κ1) is 15.0. The summed E-state index contributed by atoms with van der Waals surface area (Å²) < 4.78 is 5.32. The van der Waals surface area contributed by atoms with Gasteiger partial charge in [-0.1, -0.05) is 18.2 Å². The maximum absolute atomic E-state index is 5.93. The maximum atomic E-state index is 5.93. The van der Waals surface area contributed by atoms with E-state index in [1.807, 2.05) is 12.1 Å². The van der Waals surface area contributed by atoms with Gasteiger partial charge in [0.05, 0.1) is 7.11 Å². The molecule has 0 aliphatic heterocycles. The highest BCUT2D eigenvalue weighted by Gasteiger charge is 2.08. The molecule has 0 saturated heterocycles. The molecule has 0 aromatic heterocycles. The molecule has 102 valence electrons. The van der Waals surface area contributed by atoms with Gasteiger partial charge in [-0.05, 0) is 57.8 Å². The molecule has 3 nitrogen and oxygen atoms in total. The minimum Gasteiger partial charge on any atom is -0.496 e. The number of para-hydroxylation sites is 1. The molecule has 0 bridgehead atoms. The molecule has 1 aromatic rings. The lowest BCUT2D eigenvalue weighted by Gasteiger charge is -2.18. The van der Waals surface area contributed by atoms with Gasteiger partial charge in [-0.15, -0.1) is 0 Å². The second-order valence-corrected chi connectivity index (χ2v) is 5.40. The summed E-state index contributed by atoms with van der Waals surface area (Å²) in [4.78, 5) is 0. The molecular weight excluding hydrogens is 224 g/mol. The van der Waals surface area contributed by atoms with Crippen LogP contribution >= 0.6 is 0 Å². The van der Waals surface area contributed by atoms with E-state index in [0.29, 0.717) is 0 Å². The fourth-order valence-corrected chi connectivity index (χ4v) is 1.93. The van der Waals surface area contributed by atoms with Crippen LogP contribution in [0.1, 0.15) is 32.3 Å². The van der Waals surface area contributed by atoms with E-state index in [-0.39, 0.29) is 5.54 Å². The van der Waals surface area contributed by atoms with Gasteiger partial charge in [0.25, 0.3) is 0 Å². The van der Waals surface area contributed by atoms with Gasteiger partial charge in [0.15, 0.2) is 0 Å². The van der Waals surface area contributed by atoms with E-state index in [4.69, 9.17) is 10.5 Å². The number of hydrogen-bond acceptors (Lipinski definition) is 3. The summed E-state index contributed by atoms with van der Waals surface area (Å²) in [6.07, 6.45) is 3.17. The Morgan fingerprint density at radius 2 is 1.94 bits per heavy atom. The summed E-state index contributed by atoms with van der Waals surface area (Å²) in [6, 6.07) is 8.17. The Labute approximate surface area is 111 Å². The minimum absolute atomic E-state index is 0.0513. The molecule has 0 radical (unpaired) electrons. The lowest BCUT2D eigenvalue weighted by molar-refractivity contribution is 0.408. The molecule has 18 heavy (non-hydrogen) atoms. The number of methoxy groups -OCH3 is 1. The van der Waals surface area contributed by atoms with Crippen LogP contribution in [0.5, 0.6) is 5.75 Å². The zero-order valence-electron chi connectivity index (χ0n) is 11.8. The van der Waals surface area contributed by atoms with Gasteiger partial charge >= 0.3 is 0 Å². The Bertz CT molecular complexity index is 345. The quantitative estimate of drug-likeness (QED) is 0.696. The zero-order chi connectivity index (χ0) is 13.4. The van der Waals surface area contributed by atoms with Crippen molar-refractivity contribution in [1.82, 2.24) is 5.32 Å². The highest BCUT2D eigenvalue weighted by molar-refractivity contribution is 5.33. The monoisotopic (exact) mass is 250 g/mol. The van der Waals surface area contributed by atoms with E-state index >= 15 is 0 Å². The van der Waals surface area contributed by atoms with E-state index < -0.39 is 0 Å². The van der Waals surface area contributed by atoms with E-state index in [2.05, 4.69) is 31.3 Å². The third-order valence-electron chi connectivity index (χ3n) is 2.94. The number of nitrogens with two attached hydrogens (primary N) is 1. The summed E-state index contributed by atoms with van der Waals surface area (Å²) in [5.41, 5.74) is 7.14. The van der Waals surface area contributed by atoms with Crippen molar-refractivity contribution in [3.05, 3.63) is 29.8 Å². The Hall–Kier alpha value is -1.06. The normalized spacial score (nSPS) is 11.6. The number of nitrogens with one attached hydrogen (secondary N) is 1. The summed E-state index contributed by atoms with van der Waals surface area (Å²) in [7, 11) is 1.72. The first-order valence-corrected chi connectivity index (χ1v) is 6.64. The van der Waals surface area contributed by atoms with E-state index in [0.717, 1.165) is 38.1 Å². The fourth-order valence-electron chi connectivity index (χ4n) is 1.93. The molecule has 1 aromatic carbocycles. The third-order valence-corrected chi connectivity index (χ3v) is 2.94. The molecule has 1 rings (SSSR count). The molecule has 0 aliphatic carbocycles. The largest absolute Gasteiger partial charge is 0.496 e. The molecule has 0 heterocycles. The van der Waals surface area contributed by atoms with E-state index in [1.54, 1.807) is 7.11 Å². The van der Waals surface area contributed by atoms with Gasteiger partial charge in [-0.25, -0.2) is 0 Å². The van der Waals surface area contributed by atoms with Crippen molar-refractivity contribution in [3.63, 3.8) is 0 Å². The molecule has 0 atom stereocenters. The lowest BCUT2D eigenvalue weighted by Crippen LogP contribution is -2.33. The van der Waals surface area contributed by atoms with Gasteiger partial charge in [0, 0.05) is 5.54 Å². The van der Waals surface area contributed by atoms with Crippen molar-refractivity contribution < 1.29 is 4.74 Å². The Balaban J connectivity index is 2.18. The smallest absolute Gasteiger partial charge is 0.122 e. The number of hydrogen-bond donors (Lipinski definition) is 2. The van der Waals surface area contributed by atoms with Crippen LogP contribution in [0.4, 0.5) is 0 Å². The van der Waals surface area contributed by atoms with Crippen LogP contribution in [0.3, 0.4) is 0 Å². The highest BCUT2D eigenvalue weighted by Crippen LogP contribution is 2.17. The number of benzene rings is 1. The summed E-state index contributed by atoms with van der Waals surface area (Å²) in [6.45, 7) is 6.14. The van der Waals surface area contributed by atoms with Gasteiger partial charge in [0.1, 0.15) is 5.75 Å². The maximum Gasteiger partial charge on any atom is 0.122 e. The molecule has 0 aliphatic rings. The standard InChI is InChI=1S/C15H26N2O/c1-15(2,16)10-6-11-17-12-9-13-7-4-5-8-14(13)18-3/h4-5,7-8,17H,6,9-12,16H2,1-3H3. The van der Waals surface area contributed by atoms with Crippen molar-refractivity contribution in [2.24, 2.45) is 5.73 Å². The molecular formula is C15H26N2O. The molecule has 3 N–H and O–H groups in total. The Kier molecular flexibility index (Phi) is 6.16. The fraction of sp³-hybridized carbons (Fsp3) is 0.600. The van der Waals surface area contributed by atoms with Crippen LogP contribution in [0, 0.1) is 0 Å². The summed E-state index contributed by atoms with van der Waals surface area (Å²) in [5, 5.41) is 3.45. The molecule has 0 amide bonds. The third kappa shape index (κ3) is 6.03. The molecule has 0 saturated carbocycles. The second kappa shape index (κ2) is 7.39. The Morgan fingerprint density at radius 1 is 1.22 bits per heavy atom. The highest BCUT2D eigenvalue weighted by atomic mass is 16.5. The zero-order valence-corrected chi connectivity index (χ0v) is 11.8. The SMILES string of the molecule is COc1ccccc1CCNCCCC(C)(C)N. The van der Waals surface area contributed by atoms with Gasteiger partial charge in [0.2, 0.25) is 0 Å². The minimum atomic E-state index is -0.0513. The van der Waals surface area contributed by atoms with Crippen LogP contribution in [-0.4, -0.2) is 25.7 Å². The van der Waals surface area contributed by atoms with Crippen LogP contribution in [0.25, 0.3) is 0 Å². The molecule has 3 heteroatoms. The average Bonchev–Trinajstić information content (AvgIpc) is 2.32. The van der Waals surface area contributed by atoms with Crippen molar-refractivity contribution >= 4 is 0 Å². The topological polar surface area (TPSA) is 47.3 Å². The summed E-state index contributed by atoms with van der Waals surface area (Å²) >= 11 is 0. The average molecular weight is 250 g/mol. The number of ether oxygens (including phenoxy) is 1. The second-order valence-electron chi connectivity index (χ2n) is 5.40. The predicted molar refractivity (Wildman–Crippen MR) is 77.1 cm³/mol. The van der Waals surface area contributed by atoms with Crippen molar-refractivity contribution in [3.8, 4) is 5.75 Å². The van der Waals surface area contributed by atoms with Gasteiger partial charge < -0.3 is 15.8 Å². The van der Waals surface area contributed by atoms with Crippen LogP contribution in [0.15, 0.2) is 24.3 Å². The first-order chi connectivity index (χ1) is 8.53. The molecule has 0 spiro atoms. The van der Waals surface area contributed by atoms with Crippen molar-refractivity contribution in [1.29, 1.82) is 0 Å². The van der Waals surface area contributed by atoms with Crippen molar-refractivity contribution in [2.75, 3.05) is 20.2 Å². The van der Waals surface area contributed by atoms with E-state index in [1.165, 1.54) is 5.56 Å². The first-order valence-electron chi connectivity index (χ1n) is 6.64. The van der Waals surface area contributed by atoms with Gasteiger partial charge in [-0.2, -0.15) is 0 Å². The van der Waals surface area contributed by atoms with Crippen LogP contribution in [-0.2, 0) is 6.42 Å². The number of rotatable bonds is 8. The summed E-state index contributed by atoms with van der Waals surface area (Å²) in [5.74, 6) is 0.974. The van der Waals surface area contributed by atoms with Crippen LogP contribution in [0.2, 0.25) is 0 Å². The van der Waals surface area contributed by atoms with Crippen LogP contribution < -0.4 is 15.8 Å².